The fourth-order valence-corrected chi connectivity index (χ4v) is 2.53. The van der Waals surface area contributed by atoms with Crippen LogP contribution in [0.4, 0.5) is 10.1 Å². The first-order chi connectivity index (χ1) is 9.61. The van der Waals surface area contributed by atoms with Gasteiger partial charge < -0.3 is 16.4 Å². The molecule has 1 aromatic rings. The summed E-state index contributed by atoms with van der Waals surface area (Å²) in [5.41, 5.74) is 5.96. The fourth-order valence-electron chi connectivity index (χ4n) is 1.67. The molecule has 1 rings (SSSR count). The van der Waals surface area contributed by atoms with Crippen LogP contribution in [0.25, 0.3) is 0 Å². The van der Waals surface area contributed by atoms with Crippen LogP contribution in [-0.4, -0.2) is 23.0 Å². The molecule has 0 atom stereocenters. The van der Waals surface area contributed by atoms with Crippen molar-refractivity contribution in [3.8, 4) is 0 Å². The number of benzene rings is 1. The molecule has 21 heavy (non-hydrogen) atoms. The van der Waals surface area contributed by atoms with Crippen LogP contribution in [0, 0.1) is 5.82 Å². The Hall–Kier alpha value is -1.21. The first kappa shape index (κ1) is 17.8. The molecule has 1 aromatic carbocycles. The average molecular weight is 376 g/mol. The van der Waals surface area contributed by atoms with Crippen molar-refractivity contribution in [2.45, 2.75) is 32.7 Å². The van der Waals surface area contributed by atoms with E-state index in [2.05, 4.69) is 26.6 Å². The highest BCUT2D eigenvalue weighted by Crippen LogP contribution is 2.27. The molecule has 0 radical (unpaired) electrons. The normalized spacial score (nSPS) is 11.1. The maximum atomic E-state index is 14.1. The molecule has 0 aromatic heterocycles. The van der Waals surface area contributed by atoms with Crippen LogP contribution in [0.3, 0.4) is 0 Å². The Balaban J connectivity index is 2.63. The van der Waals surface area contributed by atoms with Gasteiger partial charge in [-0.15, -0.1) is 0 Å². The van der Waals surface area contributed by atoms with Gasteiger partial charge >= 0.3 is 0 Å². The lowest BCUT2D eigenvalue weighted by Gasteiger charge is -2.20. The number of halogens is 2. The minimum absolute atomic E-state index is 0.0887. The van der Waals surface area contributed by atoms with Gasteiger partial charge in [0.2, 0.25) is 5.91 Å². The number of hydrogen-bond donors (Lipinski definition) is 3. The summed E-state index contributed by atoms with van der Waals surface area (Å²) < 4.78 is 14.3. The summed E-state index contributed by atoms with van der Waals surface area (Å²) in [5, 5.41) is 5.73. The standard InChI is InChI=1S/C14H19BrFN3OS/c1-14(2,3)19-10(20)6-7-18-9-5-4-8(13(17)21)11(15)12(9)16/h4-5,18H,6-7H2,1-3H3,(H2,17,21)(H,19,20). The molecule has 0 unspecified atom stereocenters. The summed E-state index contributed by atoms with van der Waals surface area (Å²) in [6.07, 6.45) is 0.255. The van der Waals surface area contributed by atoms with Gasteiger partial charge in [-0.05, 0) is 48.8 Å². The van der Waals surface area contributed by atoms with Crippen molar-refractivity contribution < 1.29 is 9.18 Å². The van der Waals surface area contributed by atoms with E-state index in [9.17, 15) is 9.18 Å². The molecule has 0 aliphatic carbocycles. The number of nitrogens with two attached hydrogens (primary N) is 1. The molecule has 7 heteroatoms. The fraction of sp³-hybridized carbons (Fsp3) is 0.429. The van der Waals surface area contributed by atoms with E-state index < -0.39 is 5.82 Å². The van der Waals surface area contributed by atoms with E-state index in [-0.39, 0.29) is 27.3 Å². The minimum Gasteiger partial charge on any atom is -0.389 e. The second-order valence-corrected chi connectivity index (χ2v) is 6.86. The SMILES string of the molecule is CC(C)(C)NC(=O)CCNc1ccc(C(N)=S)c(Br)c1F. The number of anilines is 1. The third-order valence-corrected chi connectivity index (χ3v) is 3.52. The third-order valence-electron chi connectivity index (χ3n) is 2.53. The largest absolute Gasteiger partial charge is 0.389 e. The Morgan fingerprint density at radius 3 is 2.57 bits per heavy atom. The number of nitrogens with one attached hydrogen (secondary N) is 2. The summed E-state index contributed by atoms with van der Waals surface area (Å²) in [4.78, 5) is 11.8. The first-order valence-electron chi connectivity index (χ1n) is 6.44. The van der Waals surface area contributed by atoms with E-state index >= 15 is 0 Å². The van der Waals surface area contributed by atoms with E-state index in [1.54, 1.807) is 12.1 Å². The van der Waals surface area contributed by atoms with Crippen LogP contribution in [0.2, 0.25) is 0 Å². The van der Waals surface area contributed by atoms with E-state index in [0.29, 0.717) is 17.8 Å². The summed E-state index contributed by atoms with van der Waals surface area (Å²) in [6.45, 7) is 6.05. The van der Waals surface area contributed by atoms with Crippen LogP contribution in [0.15, 0.2) is 16.6 Å². The minimum atomic E-state index is -0.475. The maximum absolute atomic E-state index is 14.1. The molecule has 0 saturated heterocycles. The predicted molar refractivity (Wildman–Crippen MR) is 91.0 cm³/mol. The van der Waals surface area contributed by atoms with Gasteiger partial charge in [0.1, 0.15) is 4.99 Å². The zero-order valence-corrected chi connectivity index (χ0v) is 14.6. The molecule has 0 spiro atoms. The van der Waals surface area contributed by atoms with Crippen molar-refractivity contribution in [1.29, 1.82) is 0 Å². The molecule has 4 nitrogen and oxygen atoms in total. The Labute approximate surface area is 137 Å². The van der Waals surface area contributed by atoms with Crippen LogP contribution in [-0.2, 0) is 4.79 Å². The van der Waals surface area contributed by atoms with Crippen molar-refractivity contribution in [2.24, 2.45) is 5.73 Å². The monoisotopic (exact) mass is 375 g/mol. The van der Waals surface area contributed by atoms with Gasteiger partial charge in [-0.1, -0.05) is 12.2 Å². The molecule has 1 amide bonds. The molecular weight excluding hydrogens is 357 g/mol. The lowest BCUT2D eigenvalue weighted by Crippen LogP contribution is -2.41. The lowest BCUT2D eigenvalue weighted by atomic mass is 10.1. The Bertz CT molecular complexity index is 558. The van der Waals surface area contributed by atoms with E-state index in [0.717, 1.165) is 0 Å². The van der Waals surface area contributed by atoms with E-state index in [1.807, 2.05) is 20.8 Å². The second-order valence-electron chi connectivity index (χ2n) is 5.63. The number of carbonyl (C=O) groups excluding carboxylic acids is 1. The highest BCUT2D eigenvalue weighted by Gasteiger charge is 2.15. The Morgan fingerprint density at radius 2 is 2.05 bits per heavy atom. The van der Waals surface area contributed by atoms with Crippen LogP contribution in [0.1, 0.15) is 32.8 Å². The molecule has 0 bridgehead atoms. The quantitative estimate of drug-likeness (QED) is 0.692. The van der Waals surface area contributed by atoms with Crippen molar-refractivity contribution in [3.63, 3.8) is 0 Å². The summed E-state index contributed by atoms with van der Waals surface area (Å²) in [7, 11) is 0. The van der Waals surface area contributed by atoms with Gasteiger partial charge in [-0.3, -0.25) is 4.79 Å². The molecule has 0 saturated carbocycles. The number of hydrogen-bond acceptors (Lipinski definition) is 3. The number of thiocarbonyl (C=S) groups is 1. The van der Waals surface area contributed by atoms with E-state index in [1.165, 1.54) is 0 Å². The summed E-state index contributed by atoms with van der Waals surface area (Å²) in [6, 6.07) is 3.18. The maximum Gasteiger partial charge on any atom is 0.222 e. The molecule has 0 fully saturated rings. The van der Waals surface area contributed by atoms with E-state index in [4.69, 9.17) is 18.0 Å². The van der Waals surface area contributed by atoms with Crippen molar-refractivity contribution in [2.75, 3.05) is 11.9 Å². The summed E-state index contributed by atoms with van der Waals surface area (Å²) >= 11 is 7.96. The zero-order valence-electron chi connectivity index (χ0n) is 12.2. The molecule has 0 heterocycles. The van der Waals surface area contributed by atoms with Crippen LogP contribution >= 0.6 is 28.1 Å². The van der Waals surface area contributed by atoms with Gasteiger partial charge in [0, 0.05) is 24.1 Å². The summed E-state index contributed by atoms with van der Waals surface area (Å²) in [5.74, 6) is -0.564. The second kappa shape index (κ2) is 7.17. The molecule has 4 N–H and O–H groups in total. The topological polar surface area (TPSA) is 67.2 Å². The van der Waals surface area contributed by atoms with Crippen molar-refractivity contribution in [3.05, 3.63) is 28.0 Å². The predicted octanol–water partition coefficient (Wildman–Crippen LogP) is 2.94. The van der Waals surface area contributed by atoms with Gasteiger partial charge in [-0.2, -0.15) is 0 Å². The van der Waals surface area contributed by atoms with Gasteiger partial charge in [0.25, 0.3) is 0 Å². The van der Waals surface area contributed by atoms with Crippen LogP contribution < -0.4 is 16.4 Å². The Kier molecular flexibility index (Phi) is 6.10. The van der Waals surface area contributed by atoms with Gasteiger partial charge in [0.15, 0.2) is 5.82 Å². The van der Waals surface area contributed by atoms with Gasteiger partial charge in [0.05, 0.1) is 10.2 Å². The highest BCUT2D eigenvalue weighted by atomic mass is 79.9. The molecule has 0 aliphatic rings. The Morgan fingerprint density at radius 1 is 1.43 bits per heavy atom. The third kappa shape index (κ3) is 5.59. The van der Waals surface area contributed by atoms with Gasteiger partial charge in [-0.25, -0.2) is 4.39 Å². The average Bonchev–Trinajstić information content (AvgIpc) is 2.31. The number of amides is 1. The van der Waals surface area contributed by atoms with Crippen LogP contribution in [0.5, 0.6) is 0 Å². The number of rotatable bonds is 5. The smallest absolute Gasteiger partial charge is 0.222 e. The van der Waals surface area contributed by atoms with Crippen molar-refractivity contribution in [1.82, 2.24) is 5.32 Å². The lowest BCUT2D eigenvalue weighted by molar-refractivity contribution is -0.122. The number of carbonyl (C=O) groups is 1. The molecular formula is C14H19BrFN3OS. The first-order valence-corrected chi connectivity index (χ1v) is 7.64. The highest BCUT2D eigenvalue weighted by molar-refractivity contribution is 9.10. The van der Waals surface area contributed by atoms with Crippen molar-refractivity contribution >= 4 is 44.7 Å². The molecule has 0 aliphatic heterocycles. The molecule has 116 valence electrons. The zero-order chi connectivity index (χ0) is 16.2.